The minimum atomic E-state index is -0.836. The Kier molecular flexibility index (Phi) is 4.45. The Morgan fingerprint density at radius 3 is 2.24 bits per heavy atom. The largest absolute Gasteiger partial charge is 0.395 e. The molecule has 0 amide bonds. The second-order valence-corrected chi connectivity index (χ2v) is 7.44. The van der Waals surface area contributed by atoms with Gasteiger partial charge in [0.05, 0.1) is 22.1 Å². The number of H-pyrrole nitrogens is 1. The van der Waals surface area contributed by atoms with Crippen molar-refractivity contribution in [2.75, 3.05) is 11.5 Å². The molecule has 4 rings (SSSR count). The topological polar surface area (TPSA) is 136 Å². The Labute approximate surface area is 164 Å². The number of aryl methyl sites for hydroxylation is 1. The van der Waals surface area contributed by atoms with Gasteiger partial charge in [-0.1, -0.05) is 32.3 Å². The summed E-state index contributed by atoms with van der Waals surface area (Å²) >= 11 is 0. The van der Waals surface area contributed by atoms with Crippen LogP contribution in [-0.2, 0) is 6.42 Å². The van der Waals surface area contributed by atoms with Crippen LogP contribution >= 0.6 is 0 Å². The van der Waals surface area contributed by atoms with E-state index in [2.05, 4.69) is 11.9 Å². The number of nitrogens with two attached hydrogens (primary N) is 2. The molecule has 0 radical (unpaired) electrons. The molecule has 5 N–H and O–H groups in total. The standard InChI is InChI=1S/C22H21N3O4/c1-2-3-4-5-6-11-14-10(7-8-12-16(14)22(29)25-21(12)28)9-13-15(11)18(24)20(27)19(26)17(13)23/h7-9H,2-6,23-24H2,1H3,(H,25,28,29). The first-order chi connectivity index (χ1) is 13.9. The molecule has 7 heteroatoms. The molecule has 0 saturated carbocycles. The fraction of sp³-hybridized carbons (Fsp3) is 0.273. The number of nitrogens with one attached hydrogen (secondary N) is 1. The number of nitrogen functional groups attached to an aromatic ring is 2. The van der Waals surface area contributed by atoms with Gasteiger partial charge in [0.2, 0.25) is 0 Å². The van der Waals surface area contributed by atoms with Crippen molar-refractivity contribution >= 4 is 43.7 Å². The predicted octanol–water partition coefficient (Wildman–Crippen LogP) is 2.08. The lowest BCUT2D eigenvalue weighted by molar-refractivity contribution is 0.669. The van der Waals surface area contributed by atoms with E-state index in [-0.39, 0.29) is 16.8 Å². The van der Waals surface area contributed by atoms with Gasteiger partial charge < -0.3 is 11.5 Å². The summed E-state index contributed by atoms with van der Waals surface area (Å²) in [5, 5.41) is 2.68. The van der Waals surface area contributed by atoms with Gasteiger partial charge in [-0.25, -0.2) is 0 Å². The zero-order chi connectivity index (χ0) is 20.9. The van der Waals surface area contributed by atoms with Gasteiger partial charge in [0.1, 0.15) is 0 Å². The number of rotatable bonds is 5. The molecule has 0 aliphatic heterocycles. The quantitative estimate of drug-likeness (QED) is 0.206. The third-order valence-corrected chi connectivity index (χ3v) is 5.64. The highest BCUT2D eigenvalue weighted by atomic mass is 16.2. The highest BCUT2D eigenvalue weighted by Crippen LogP contribution is 2.36. The number of fused-ring (bicyclic) bond motifs is 4. The molecule has 0 saturated heterocycles. The van der Waals surface area contributed by atoms with E-state index in [1.54, 1.807) is 18.2 Å². The molecule has 1 heterocycles. The van der Waals surface area contributed by atoms with E-state index in [9.17, 15) is 19.2 Å². The molecule has 0 bridgehead atoms. The van der Waals surface area contributed by atoms with Crippen molar-refractivity contribution in [3.8, 4) is 0 Å². The molecule has 0 atom stereocenters. The first-order valence-corrected chi connectivity index (χ1v) is 9.69. The fourth-order valence-electron chi connectivity index (χ4n) is 4.22. The minimum absolute atomic E-state index is 0.142. The first-order valence-electron chi connectivity index (χ1n) is 9.69. The molecule has 0 fully saturated rings. The van der Waals surface area contributed by atoms with E-state index in [1.807, 2.05) is 0 Å². The summed E-state index contributed by atoms with van der Waals surface area (Å²) in [6.45, 7) is 2.11. The smallest absolute Gasteiger partial charge is 0.259 e. The Balaban J connectivity index is 2.23. The van der Waals surface area contributed by atoms with Gasteiger partial charge in [0.15, 0.2) is 0 Å². The summed E-state index contributed by atoms with van der Waals surface area (Å²) in [5.41, 5.74) is 9.88. The summed E-state index contributed by atoms with van der Waals surface area (Å²) < 4.78 is 0. The third kappa shape index (κ3) is 2.73. The van der Waals surface area contributed by atoms with Crippen LogP contribution in [0.1, 0.15) is 38.2 Å². The average Bonchev–Trinajstić information content (AvgIpc) is 3.00. The molecule has 4 aromatic rings. The van der Waals surface area contributed by atoms with Gasteiger partial charge in [-0.3, -0.25) is 24.2 Å². The van der Waals surface area contributed by atoms with Crippen LogP contribution in [0.25, 0.3) is 32.3 Å². The van der Waals surface area contributed by atoms with Crippen LogP contribution in [-0.4, -0.2) is 4.98 Å². The lowest BCUT2D eigenvalue weighted by atomic mass is 9.89. The number of aromatic nitrogens is 1. The van der Waals surface area contributed by atoms with E-state index < -0.39 is 22.0 Å². The van der Waals surface area contributed by atoms with Gasteiger partial charge in [0, 0.05) is 10.8 Å². The van der Waals surface area contributed by atoms with E-state index >= 15 is 0 Å². The monoisotopic (exact) mass is 391 g/mol. The molecular weight excluding hydrogens is 370 g/mol. The Bertz CT molecular complexity index is 1490. The van der Waals surface area contributed by atoms with Gasteiger partial charge in [-0.15, -0.1) is 0 Å². The molecule has 1 aromatic heterocycles. The normalized spacial score (nSPS) is 11.8. The van der Waals surface area contributed by atoms with Crippen LogP contribution in [0.5, 0.6) is 0 Å². The number of hydrogen-bond acceptors (Lipinski definition) is 6. The van der Waals surface area contributed by atoms with Crippen LogP contribution in [0.15, 0.2) is 37.4 Å². The van der Waals surface area contributed by atoms with Gasteiger partial charge >= 0.3 is 0 Å². The maximum Gasteiger partial charge on any atom is 0.259 e. The predicted molar refractivity (Wildman–Crippen MR) is 117 cm³/mol. The third-order valence-electron chi connectivity index (χ3n) is 5.64. The van der Waals surface area contributed by atoms with E-state index in [0.29, 0.717) is 38.9 Å². The molecule has 29 heavy (non-hydrogen) atoms. The van der Waals surface area contributed by atoms with Crippen molar-refractivity contribution in [3.63, 3.8) is 0 Å². The molecule has 0 unspecified atom stereocenters. The molecule has 3 aromatic carbocycles. The zero-order valence-electron chi connectivity index (χ0n) is 16.1. The van der Waals surface area contributed by atoms with Crippen molar-refractivity contribution in [2.24, 2.45) is 0 Å². The summed E-state index contributed by atoms with van der Waals surface area (Å²) in [6, 6.07) is 4.99. The molecular formula is C22H21N3O4. The van der Waals surface area contributed by atoms with E-state index in [4.69, 9.17) is 11.5 Å². The van der Waals surface area contributed by atoms with E-state index in [1.165, 1.54) is 0 Å². The van der Waals surface area contributed by atoms with Crippen LogP contribution in [0, 0.1) is 0 Å². The molecule has 0 aliphatic rings. The van der Waals surface area contributed by atoms with Crippen LogP contribution in [0.2, 0.25) is 0 Å². The number of aromatic amines is 1. The Morgan fingerprint density at radius 1 is 0.793 bits per heavy atom. The van der Waals surface area contributed by atoms with Gasteiger partial charge in [-0.2, -0.15) is 0 Å². The second-order valence-electron chi connectivity index (χ2n) is 7.44. The average molecular weight is 391 g/mol. The number of benzene rings is 3. The number of unbranched alkanes of at least 4 members (excludes halogenated alkanes) is 3. The first kappa shape index (κ1) is 18.9. The van der Waals surface area contributed by atoms with Crippen molar-refractivity contribution < 1.29 is 0 Å². The minimum Gasteiger partial charge on any atom is -0.395 e. The lowest BCUT2D eigenvalue weighted by Gasteiger charge is -2.15. The zero-order valence-corrected chi connectivity index (χ0v) is 16.1. The molecule has 148 valence electrons. The van der Waals surface area contributed by atoms with Crippen LogP contribution < -0.4 is 33.4 Å². The molecule has 0 aliphatic carbocycles. The summed E-state index contributed by atoms with van der Waals surface area (Å²) in [7, 11) is 0. The molecule has 0 spiro atoms. The van der Waals surface area contributed by atoms with E-state index in [0.717, 1.165) is 25.7 Å². The van der Waals surface area contributed by atoms with Crippen molar-refractivity contribution in [3.05, 3.63) is 64.9 Å². The van der Waals surface area contributed by atoms with Crippen LogP contribution in [0.3, 0.4) is 0 Å². The number of hydrogen-bond donors (Lipinski definition) is 3. The molecule has 7 nitrogen and oxygen atoms in total. The highest BCUT2D eigenvalue weighted by molar-refractivity contribution is 6.18. The maximum atomic E-state index is 12.5. The van der Waals surface area contributed by atoms with Crippen molar-refractivity contribution in [1.82, 2.24) is 4.98 Å². The van der Waals surface area contributed by atoms with Crippen molar-refractivity contribution in [2.45, 2.75) is 39.0 Å². The summed E-state index contributed by atoms with van der Waals surface area (Å²) in [4.78, 5) is 51.6. The Hall–Kier alpha value is -3.48. The summed E-state index contributed by atoms with van der Waals surface area (Å²) in [6.07, 6.45) is 4.44. The number of anilines is 2. The maximum absolute atomic E-state index is 12.5. The fourth-order valence-corrected chi connectivity index (χ4v) is 4.22. The second kappa shape index (κ2) is 6.84. The SMILES string of the molecule is CCCCCCc1c2c(N)c(=O)c(=O)c(N)c2cc2ccc3c(=O)[nH]c(=O)c3c12. The van der Waals surface area contributed by atoms with Gasteiger partial charge in [0.25, 0.3) is 22.0 Å². The lowest BCUT2D eigenvalue weighted by Crippen LogP contribution is -2.29. The van der Waals surface area contributed by atoms with Crippen LogP contribution in [0.4, 0.5) is 11.4 Å². The Morgan fingerprint density at radius 2 is 1.52 bits per heavy atom. The highest BCUT2D eigenvalue weighted by Gasteiger charge is 2.21. The van der Waals surface area contributed by atoms with Crippen molar-refractivity contribution in [1.29, 1.82) is 0 Å². The summed E-state index contributed by atoms with van der Waals surface area (Å²) in [5.74, 6) is 0. The van der Waals surface area contributed by atoms with Gasteiger partial charge in [-0.05, 0) is 41.3 Å².